The second-order valence-corrected chi connectivity index (χ2v) is 9.82. The quantitative estimate of drug-likeness (QED) is 0.211. The van der Waals surface area contributed by atoms with E-state index in [2.05, 4.69) is 36.4 Å². The van der Waals surface area contributed by atoms with Gasteiger partial charge in [-0.3, -0.25) is 4.57 Å². The van der Waals surface area contributed by atoms with E-state index in [0.717, 1.165) is 18.6 Å². The maximum absolute atomic E-state index is 13.2. The van der Waals surface area contributed by atoms with Crippen LogP contribution in [0.1, 0.15) is 46.0 Å². The van der Waals surface area contributed by atoms with Crippen molar-refractivity contribution in [3.05, 3.63) is 42.5 Å². The lowest BCUT2D eigenvalue weighted by molar-refractivity contribution is -0.178. The molecule has 1 saturated carbocycles. The van der Waals surface area contributed by atoms with Crippen LogP contribution in [0.15, 0.2) is 47.4 Å². The minimum Gasteiger partial charge on any atom is -0.464 e. The second-order valence-electron chi connectivity index (χ2n) is 8.15. The van der Waals surface area contributed by atoms with Crippen LogP contribution in [0.2, 0.25) is 0 Å². The standard InChI is InChI=1S/C25H33O4PS/c1-3-28-24(26)25(18-30-27,29-4-2)23(20-11-6-5-7-12-20)17-31-22-15-14-19-10-8-9-13-21(19)16-22/h8-10,13-16,20,23H,3-7,11-12,17-18H2,1-2H3. The van der Waals surface area contributed by atoms with Crippen molar-refractivity contribution < 1.29 is 18.8 Å². The monoisotopic (exact) mass is 460 g/mol. The molecule has 1 aliphatic rings. The van der Waals surface area contributed by atoms with Crippen molar-refractivity contribution in [3.8, 4) is 0 Å². The zero-order chi connectivity index (χ0) is 22.1. The fourth-order valence-electron chi connectivity index (χ4n) is 4.78. The molecule has 2 unspecified atom stereocenters. The third kappa shape index (κ3) is 5.88. The maximum atomic E-state index is 13.2. The molecular weight excluding hydrogens is 427 g/mol. The first-order valence-electron chi connectivity index (χ1n) is 11.4. The van der Waals surface area contributed by atoms with Gasteiger partial charge in [-0.2, -0.15) is 0 Å². The minimum absolute atomic E-state index is 0.0512. The van der Waals surface area contributed by atoms with E-state index in [1.54, 1.807) is 11.8 Å². The van der Waals surface area contributed by atoms with E-state index >= 15 is 0 Å². The van der Waals surface area contributed by atoms with Crippen LogP contribution in [0.5, 0.6) is 0 Å². The number of thioether (sulfide) groups is 1. The van der Waals surface area contributed by atoms with Crippen LogP contribution in [0, 0.1) is 11.8 Å². The number of benzene rings is 2. The van der Waals surface area contributed by atoms with E-state index < -0.39 is 5.60 Å². The number of rotatable bonds is 11. The molecule has 0 heterocycles. The van der Waals surface area contributed by atoms with Crippen molar-refractivity contribution in [2.45, 2.75) is 56.4 Å². The van der Waals surface area contributed by atoms with Gasteiger partial charge in [-0.05, 0) is 42.7 Å². The van der Waals surface area contributed by atoms with Gasteiger partial charge in [-0.15, -0.1) is 11.8 Å². The summed E-state index contributed by atoms with van der Waals surface area (Å²) in [5, 5.41) is 2.43. The zero-order valence-electron chi connectivity index (χ0n) is 18.5. The molecule has 4 nitrogen and oxygen atoms in total. The van der Waals surface area contributed by atoms with E-state index in [1.165, 1.54) is 34.9 Å². The van der Waals surface area contributed by atoms with Crippen LogP contribution < -0.4 is 0 Å². The Balaban J connectivity index is 1.91. The third-order valence-electron chi connectivity index (χ3n) is 6.29. The number of esters is 1. The van der Waals surface area contributed by atoms with Gasteiger partial charge in [0.25, 0.3) is 0 Å². The van der Waals surface area contributed by atoms with Crippen LogP contribution in [0.3, 0.4) is 0 Å². The molecule has 3 rings (SSSR count). The van der Waals surface area contributed by atoms with Gasteiger partial charge in [-0.1, -0.05) is 62.4 Å². The lowest BCUT2D eigenvalue weighted by atomic mass is 9.73. The van der Waals surface area contributed by atoms with Gasteiger partial charge in [0.05, 0.1) is 12.8 Å². The predicted octanol–water partition coefficient (Wildman–Crippen LogP) is 6.76. The fraction of sp³-hybridized carbons (Fsp3) is 0.560. The molecule has 2 aromatic carbocycles. The maximum Gasteiger partial charge on any atom is 0.339 e. The van der Waals surface area contributed by atoms with E-state index in [1.807, 2.05) is 19.9 Å². The summed E-state index contributed by atoms with van der Waals surface area (Å²) in [5.74, 6) is 0.677. The van der Waals surface area contributed by atoms with Gasteiger partial charge in [0.1, 0.15) is 0 Å². The Morgan fingerprint density at radius 2 is 1.84 bits per heavy atom. The summed E-state index contributed by atoms with van der Waals surface area (Å²) in [6.45, 7) is 4.38. The Labute approximate surface area is 191 Å². The summed E-state index contributed by atoms with van der Waals surface area (Å²) in [4.78, 5) is 14.4. The van der Waals surface area contributed by atoms with Gasteiger partial charge in [0.15, 0.2) is 14.1 Å². The molecule has 0 N–H and O–H groups in total. The van der Waals surface area contributed by atoms with Crippen LogP contribution in [-0.2, 0) is 18.8 Å². The van der Waals surface area contributed by atoms with Crippen molar-refractivity contribution >= 4 is 37.0 Å². The Hall–Kier alpha value is -1.42. The molecule has 0 spiro atoms. The summed E-state index contributed by atoms with van der Waals surface area (Å²) in [7, 11) is -0.0852. The molecule has 0 amide bonds. The predicted molar refractivity (Wildman–Crippen MR) is 128 cm³/mol. The molecule has 1 fully saturated rings. The Morgan fingerprint density at radius 3 is 2.52 bits per heavy atom. The van der Waals surface area contributed by atoms with Crippen molar-refractivity contribution in [1.29, 1.82) is 0 Å². The Bertz CT molecular complexity index is 867. The fourth-order valence-corrected chi connectivity index (χ4v) is 6.72. The Morgan fingerprint density at radius 1 is 1.10 bits per heavy atom. The highest BCUT2D eigenvalue weighted by Gasteiger charge is 2.51. The SMILES string of the molecule is CCOC(=O)C(CP=O)(OCC)C(CSc1ccc2ccccc2c1)C1CCCCC1. The summed E-state index contributed by atoms with van der Waals surface area (Å²) >= 11 is 1.76. The molecule has 6 heteroatoms. The minimum atomic E-state index is -1.17. The first-order chi connectivity index (χ1) is 15.1. The second kappa shape index (κ2) is 12.0. The largest absolute Gasteiger partial charge is 0.464 e. The molecule has 0 bridgehead atoms. The molecule has 0 saturated heterocycles. The van der Waals surface area contributed by atoms with Crippen molar-refractivity contribution in [2.75, 3.05) is 25.1 Å². The van der Waals surface area contributed by atoms with Crippen molar-refractivity contribution in [2.24, 2.45) is 11.8 Å². The van der Waals surface area contributed by atoms with E-state index in [-0.39, 0.29) is 26.5 Å². The van der Waals surface area contributed by atoms with E-state index in [9.17, 15) is 9.36 Å². The average Bonchev–Trinajstić information content (AvgIpc) is 2.80. The lowest BCUT2D eigenvalue weighted by Gasteiger charge is -2.42. The number of carbonyl (C=O) groups is 1. The molecular formula is C25H33O4PS. The highest BCUT2D eigenvalue weighted by atomic mass is 32.2. The molecule has 2 aromatic rings. The summed E-state index contributed by atoms with van der Waals surface area (Å²) < 4.78 is 23.5. The molecule has 0 radical (unpaired) electrons. The molecule has 31 heavy (non-hydrogen) atoms. The van der Waals surface area contributed by atoms with Gasteiger partial charge >= 0.3 is 5.97 Å². The zero-order valence-corrected chi connectivity index (χ0v) is 20.3. The van der Waals surface area contributed by atoms with Gasteiger partial charge in [-0.25, -0.2) is 4.79 Å². The smallest absolute Gasteiger partial charge is 0.339 e. The number of fused-ring (bicyclic) bond motifs is 1. The number of hydrogen-bond donors (Lipinski definition) is 0. The average molecular weight is 461 g/mol. The van der Waals surface area contributed by atoms with Crippen molar-refractivity contribution in [1.82, 2.24) is 0 Å². The lowest BCUT2D eigenvalue weighted by Crippen LogP contribution is -2.55. The van der Waals surface area contributed by atoms with Gasteiger partial charge in [0, 0.05) is 23.2 Å². The molecule has 0 aliphatic heterocycles. The first kappa shape index (κ1) is 24.2. The topological polar surface area (TPSA) is 52.6 Å². The van der Waals surface area contributed by atoms with E-state index in [4.69, 9.17) is 9.47 Å². The van der Waals surface area contributed by atoms with Crippen molar-refractivity contribution in [3.63, 3.8) is 0 Å². The normalized spacial score (nSPS) is 18.0. The molecule has 2 atom stereocenters. The van der Waals surface area contributed by atoms with E-state index in [0.29, 0.717) is 19.1 Å². The van der Waals surface area contributed by atoms with Crippen LogP contribution in [0.25, 0.3) is 10.8 Å². The van der Waals surface area contributed by atoms with Crippen LogP contribution >= 0.6 is 20.2 Å². The van der Waals surface area contributed by atoms with Gasteiger partial charge in [0.2, 0.25) is 0 Å². The van der Waals surface area contributed by atoms with Gasteiger partial charge < -0.3 is 9.47 Å². The third-order valence-corrected chi connectivity index (χ3v) is 8.00. The molecule has 1 aliphatic carbocycles. The van der Waals surface area contributed by atoms with Crippen LogP contribution in [0.4, 0.5) is 0 Å². The number of ether oxygens (including phenoxy) is 2. The molecule has 0 aromatic heterocycles. The summed E-state index contributed by atoms with van der Waals surface area (Å²) in [6, 6.07) is 14.8. The molecule has 168 valence electrons. The highest BCUT2D eigenvalue weighted by molar-refractivity contribution is 7.99. The summed E-state index contributed by atoms with van der Waals surface area (Å²) in [5.41, 5.74) is -1.17. The van der Waals surface area contributed by atoms with Crippen LogP contribution in [-0.4, -0.2) is 36.7 Å². The number of carbonyl (C=O) groups excluding carboxylic acids is 1. The Kier molecular flexibility index (Phi) is 9.37. The number of hydrogen-bond acceptors (Lipinski definition) is 5. The highest BCUT2D eigenvalue weighted by Crippen LogP contribution is 2.43. The first-order valence-corrected chi connectivity index (χ1v) is 13.3. The summed E-state index contributed by atoms with van der Waals surface area (Å²) in [6.07, 6.45) is 5.87.